The predicted octanol–water partition coefficient (Wildman–Crippen LogP) is 2.39. The lowest BCUT2D eigenvalue weighted by Gasteiger charge is -1.99. The van der Waals surface area contributed by atoms with Crippen molar-refractivity contribution >= 4 is 28.1 Å². The number of hydrogen-bond donors (Lipinski definition) is 1. The Balaban J connectivity index is 2.06. The minimum Gasteiger partial charge on any atom is -0.267 e. The zero-order valence-electron chi connectivity index (χ0n) is 10.9. The maximum Gasteiger partial charge on any atom is 0.271 e. The number of amides is 1. The highest BCUT2D eigenvalue weighted by Gasteiger charge is 2.10. The lowest BCUT2D eigenvalue weighted by molar-refractivity contribution is 0.0955. The fourth-order valence-electron chi connectivity index (χ4n) is 1.61. The Kier molecular flexibility index (Phi) is 4.29. The Bertz CT molecular complexity index is 664. The molecule has 0 aliphatic heterocycles. The maximum atomic E-state index is 13.6. The van der Waals surface area contributed by atoms with E-state index in [1.165, 1.54) is 13.3 Å². The number of halogens is 2. The van der Waals surface area contributed by atoms with E-state index in [1.807, 2.05) is 0 Å². The molecule has 0 saturated carbocycles. The number of benzene rings is 1. The van der Waals surface area contributed by atoms with Crippen LogP contribution in [0.25, 0.3) is 0 Å². The Morgan fingerprint density at radius 1 is 1.45 bits per heavy atom. The van der Waals surface area contributed by atoms with Gasteiger partial charge in [0.15, 0.2) is 0 Å². The highest BCUT2D eigenvalue weighted by molar-refractivity contribution is 9.10. The minimum absolute atomic E-state index is 0.253. The molecular formula is C13H12BrFN4O. The van der Waals surface area contributed by atoms with Gasteiger partial charge < -0.3 is 0 Å². The average molecular weight is 339 g/mol. The molecular weight excluding hydrogens is 327 g/mol. The first kappa shape index (κ1) is 14.4. The van der Waals surface area contributed by atoms with Crippen molar-refractivity contribution < 1.29 is 9.18 Å². The monoisotopic (exact) mass is 338 g/mol. The van der Waals surface area contributed by atoms with Gasteiger partial charge in [0.1, 0.15) is 0 Å². The summed E-state index contributed by atoms with van der Waals surface area (Å²) in [5.74, 6) is -0.861. The summed E-state index contributed by atoms with van der Waals surface area (Å²) in [5.41, 5.74) is 3.57. The molecule has 0 spiro atoms. The van der Waals surface area contributed by atoms with Gasteiger partial charge in [0.2, 0.25) is 5.95 Å². The number of rotatable bonds is 3. The number of aryl methyl sites for hydroxylation is 2. The summed E-state index contributed by atoms with van der Waals surface area (Å²) in [7, 11) is 1.50. The number of nitrogens with zero attached hydrogens (tertiary/aromatic N) is 3. The van der Waals surface area contributed by atoms with Crippen LogP contribution in [-0.4, -0.2) is 21.9 Å². The van der Waals surface area contributed by atoms with E-state index in [0.29, 0.717) is 11.3 Å². The molecule has 0 radical (unpaired) electrons. The van der Waals surface area contributed by atoms with Crippen molar-refractivity contribution in [2.75, 3.05) is 0 Å². The Hall–Kier alpha value is -2.02. The zero-order chi connectivity index (χ0) is 14.7. The smallest absolute Gasteiger partial charge is 0.267 e. The molecule has 0 saturated heterocycles. The Morgan fingerprint density at radius 3 is 2.65 bits per heavy atom. The second-order valence-corrected chi connectivity index (χ2v) is 5.04. The van der Waals surface area contributed by atoms with Gasteiger partial charge in [0, 0.05) is 17.1 Å². The highest BCUT2D eigenvalue weighted by atomic mass is 79.9. The summed E-state index contributed by atoms with van der Waals surface area (Å²) in [4.78, 5) is 11.8. The molecule has 0 aliphatic rings. The quantitative estimate of drug-likeness (QED) is 0.690. The lowest BCUT2D eigenvalue weighted by Crippen LogP contribution is -2.17. The van der Waals surface area contributed by atoms with Crippen LogP contribution < -0.4 is 5.43 Å². The molecule has 20 heavy (non-hydrogen) atoms. The van der Waals surface area contributed by atoms with Crippen LogP contribution in [-0.2, 0) is 7.05 Å². The number of hydrazone groups is 1. The van der Waals surface area contributed by atoms with Gasteiger partial charge in [-0.15, -0.1) is 0 Å². The van der Waals surface area contributed by atoms with Crippen molar-refractivity contribution in [3.05, 3.63) is 51.5 Å². The first-order valence-electron chi connectivity index (χ1n) is 5.77. The zero-order valence-corrected chi connectivity index (χ0v) is 12.5. The van der Waals surface area contributed by atoms with E-state index in [-0.39, 0.29) is 11.5 Å². The molecule has 0 aliphatic carbocycles. The van der Waals surface area contributed by atoms with E-state index >= 15 is 0 Å². The van der Waals surface area contributed by atoms with E-state index in [9.17, 15) is 9.18 Å². The topological polar surface area (TPSA) is 59.3 Å². The van der Waals surface area contributed by atoms with Crippen LogP contribution in [0.15, 0.2) is 33.8 Å². The van der Waals surface area contributed by atoms with E-state index < -0.39 is 5.95 Å². The molecule has 1 amide bonds. The van der Waals surface area contributed by atoms with E-state index in [0.717, 1.165) is 9.15 Å². The maximum absolute atomic E-state index is 13.6. The molecule has 0 fully saturated rings. The van der Waals surface area contributed by atoms with Crippen LogP contribution in [0.2, 0.25) is 0 Å². The standard InChI is InChI=1S/C13H12BrFN4O/c1-8-11(12(15)19(2)18-8)7-16-17-13(20)9-3-5-10(14)6-4-9/h3-7H,1-2H3,(H,17,20)/b16-7+. The number of hydrogen-bond acceptors (Lipinski definition) is 3. The summed E-state index contributed by atoms with van der Waals surface area (Å²) < 4.78 is 15.6. The van der Waals surface area contributed by atoms with Crippen LogP contribution in [0, 0.1) is 12.9 Å². The predicted molar refractivity (Wildman–Crippen MR) is 77.1 cm³/mol. The van der Waals surface area contributed by atoms with Crippen LogP contribution in [0.1, 0.15) is 21.6 Å². The van der Waals surface area contributed by atoms with Crippen molar-refractivity contribution in [1.29, 1.82) is 0 Å². The largest absolute Gasteiger partial charge is 0.271 e. The van der Waals surface area contributed by atoms with Gasteiger partial charge >= 0.3 is 0 Å². The summed E-state index contributed by atoms with van der Waals surface area (Å²) in [5, 5.41) is 7.65. The number of carbonyl (C=O) groups is 1. The molecule has 2 rings (SSSR count). The third-order valence-corrected chi connectivity index (χ3v) is 3.19. The first-order valence-corrected chi connectivity index (χ1v) is 6.56. The molecule has 104 valence electrons. The normalized spacial score (nSPS) is 11.0. The van der Waals surface area contributed by atoms with Crippen LogP contribution in [0.3, 0.4) is 0 Å². The average Bonchev–Trinajstić information content (AvgIpc) is 2.65. The lowest BCUT2D eigenvalue weighted by atomic mass is 10.2. The fraction of sp³-hybridized carbons (Fsp3) is 0.154. The van der Waals surface area contributed by atoms with Crippen molar-refractivity contribution in [3.8, 4) is 0 Å². The molecule has 1 aromatic carbocycles. The molecule has 1 N–H and O–H groups in total. The van der Waals surface area contributed by atoms with E-state index in [4.69, 9.17) is 0 Å². The highest BCUT2D eigenvalue weighted by Crippen LogP contribution is 2.10. The third-order valence-electron chi connectivity index (χ3n) is 2.66. The van der Waals surface area contributed by atoms with Gasteiger partial charge in [0.25, 0.3) is 5.91 Å². The van der Waals surface area contributed by atoms with Crippen LogP contribution in [0.4, 0.5) is 4.39 Å². The number of nitrogens with one attached hydrogen (secondary N) is 1. The first-order chi connectivity index (χ1) is 9.49. The van der Waals surface area contributed by atoms with Gasteiger partial charge in [-0.2, -0.15) is 14.6 Å². The molecule has 1 aromatic heterocycles. The van der Waals surface area contributed by atoms with Gasteiger partial charge in [-0.1, -0.05) is 15.9 Å². The Morgan fingerprint density at radius 2 is 2.10 bits per heavy atom. The number of carbonyl (C=O) groups excluding carboxylic acids is 1. The second kappa shape index (κ2) is 5.96. The van der Waals surface area contributed by atoms with Gasteiger partial charge in [-0.05, 0) is 31.2 Å². The molecule has 7 heteroatoms. The van der Waals surface area contributed by atoms with Crippen molar-refractivity contribution in [3.63, 3.8) is 0 Å². The third kappa shape index (κ3) is 3.11. The minimum atomic E-state index is -0.496. The summed E-state index contributed by atoms with van der Waals surface area (Å²) in [6, 6.07) is 6.82. The van der Waals surface area contributed by atoms with Crippen molar-refractivity contribution in [2.45, 2.75) is 6.92 Å². The second-order valence-electron chi connectivity index (χ2n) is 4.12. The molecule has 2 aromatic rings. The van der Waals surface area contributed by atoms with Crippen molar-refractivity contribution in [2.24, 2.45) is 12.1 Å². The molecule has 5 nitrogen and oxygen atoms in total. The molecule has 0 atom stereocenters. The Labute approximate surface area is 123 Å². The summed E-state index contributed by atoms with van der Waals surface area (Å²) >= 11 is 3.28. The van der Waals surface area contributed by atoms with Gasteiger partial charge in [-0.25, -0.2) is 10.1 Å². The van der Waals surface area contributed by atoms with Gasteiger partial charge in [-0.3, -0.25) is 4.79 Å². The van der Waals surface area contributed by atoms with Crippen LogP contribution in [0.5, 0.6) is 0 Å². The fourth-order valence-corrected chi connectivity index (χ4v) is 1.88. The van der Waals surface area contributed by atoms with Crippen LogP contribution >= 0.6 is 15.9 Å². The van der Waals surface area contributed by atoms with Crippen molar-refractivity contribution in [1.82, 2.24) is 15.2 Å². The van der Waals surface area contributed by atoms with E-state index in [2.05, 4.69) is 31.6 Å². The molecule has 0 unspecified atom stereocenters. The van der Waals surface area contributed by atoms with E-state index in [1.54, 1.807) is 31.2 Å². The number of aromatic nitrogens is 2. The molecule has 1 heterocycles. The summed E-state index contributed by atoms with van der Waals surface area (Å²) in [6.45, 7) is 1.67. The molecule has 0 bridgehead atoms. The van der Waals surface area contributed by atoms with Gasteiger partial charge in [0.05, 0.1) is 17.5 Å². The SMILES string of the molecule is Cc1nn(C)c(F)c1/C=N/NC(=O)c1ccc(Br)cc1. The summed E-state index contributed by atoms with van der Waals surface area (Å²) in [6.07, 6.45) is 1.24.